The molecule has 0 atom stereocenters. The quantitative estimate of drug-likeness (QED) is 0.423. The zero-order chi connectivity index (χ0) is 20.4. The van der Waals surface area contributed by atoms with Gasteiger partial charge in [-0.05, 0) is 44.2 Å². The molecule has 0 N–H and O–H groups in total. The molecule has 1 aromatic heterocycles. The van der Waals surface area contributed by atoms with Crippen LogP contribution in [0.4, 0.5) is 0 Å². The average Bonchev–Trinajstić information content (AvgIpc) is 2.66. The number of rotatable bonds is 6. The van der Waals surface area contributed by atoms with Crippen LogP contribution in [0.15, 0.2) is 29.1 Å². The van der Waals surface area contributed by atoms with Gasteiger partial charge in [0.05, 0.1) is 5.56 Å². The van der Waals surface area contributed by atoms with Crippen LogP contribution in [0, 0.1) is 32.1 Å². The third kappa shape index (κ3) is 8.07. The summed E-state index contributed by atoms with van der Waals surface area (Å²) in [5.41, 5.74) is 3.21. The first kappa shape index (κ1) is 29.8. The van der Waals surface area contributed by atoms with E-state index in [0.717, 1.165) is 23.2 Å². The summed E-state index contributed by atoms with van der Waals surface area (Å²) in [6.07, 6.45) is 0.744. The van der Waals surface area contributed by atoms with Crippen LogP contribution in [0.2, 0.25) is 0 Å². The van der Waals surface area contributed by atoms with Gasteiger partial charge < -0.3 is 12.2 Å². The number of benzene rings is 1. The van der Waals surface area contributed by atoms with Crippen LogP contribution < -0.4 is 10.3 Å². The first-order valence-electron chi connectivity index (χ1n) is 9.71. The Morgan fingerprint density at radius 1 is 1.21 bits per heavy atom. The Labute approximate surface area is 202 Å². The van der Waals surface area contributed by atoms with E-state index in [1.165, 1.54) is 4.68 Å². The van der Waals surface area contributed by atoms with Crippen molar-refractivity contribution in [1.29, 1.82) is 0 Å². The number of ether oxygens (including phenoxy) is 1. The maximum atomic E-state index is 13.0. The molecule has 0 aliphatic carbocycles. The average molecular weight is 472 g/mol. The second kappa shape index (κ2) is 15.4. The van der Waals surface area contributed by atoms with E-state index >= 15 is 0 Å². The minimum atomic E-state index is -0.122. The van der Waals surface area contributed by atoms with Crippen molar-refractivity contribution in [3.63, 3.8) is 0 Å². The van der Waals surface area contributed by atoms with Gasteiger partial charge in [-0.3, -0.25) is 4.79 Å². The molecule has 0 bridgehead atoms. The van der Waals surface area contributed by atoms with Crippen LogP contribution in [0.25, 0.3) is 11.1 Å². The molecule has 0 saturated carbocycles. The fraction of sp³-hybridized carbons (Fsp3) is 0.458. The van der Waals surface area contributed by atoms with E-state index in [1.54, 1.807) is 6.92 Å². The minimum Gasteiger partial charge on any atom is -0.478 e. The van der Waals surface area contributed by atoms with Crippen LogP contribution in [-0.4, -0.2) is 16.4 Å². The van der Waals surface area contributed by atoms with E-state index in [9.17, 15) is 4.79 Å². The van der Waals surface area contributed by atoms with Crippen molar-refractivity contribution in [2.24, 2.45) is 5.92 Å². The first-order valence-corrected chi connectivity index (χ1v) is 9.71. The Morgan fingerprint density at radius 3 is 2.34 bits per heavy atom. The summed E-state index contributed by atoms with van der Waals surface area (Å²) in [4.78, 5) is 13.0. The van der Waals surface area contributed by atoms with E-state index < -0.39 is 0 Å². The summed E-state index contributed by atoms with van der Waals surface area (Å²) in [6, 6.07) is 7.87. The second-order valence-electron chi connectivity index (χ2n) is 6.40. The number of aryl methyl sites for hydroxylation is 2. The molecule has 1 heterocycles. The fourth-order valence-corrected chi connectivity index (χ4v) is 2.77. The van der Waals surface area contributed by atoms with Gasteiger partial charge in [-0.15, -0.1) is 5.92 Å². The Bertz CT molecular complexity index is 861. The Hall–Kier alpha value is -1.44. The number of aromatic nitrogens is 2. The van der Waals surface area contributed by atoms with Crippen LogP contribution >= 0.6 is 0 Å². The molecular weight excluding hydrogens is 437 g/mol. The molecular formula is C24H35N2O2Y-. The van der Waals surface area contributed by atoms with Gasteiger partial charge in [0.1, 0.15) is 12.3 Å². The maximum absolute atomic E-state index is 13.0. The predicted octanol–water partition coefficient (Wildman–Crippen LogP) is 5.31. The first-order chi connectivity index (χ1) is 13.0. The van der Waals surface area contributed by atoms with Crippen LogP contribution in [0.5, 0.6) is 5.75 Å². The Balaban J connectivity index is 0. The molecule has 0 spiro atoms. The van der Waals surface area contributed by atoms with E-state index in [-0.39, 0.29) is 52.3 Å². The third-order valence-corrected chi connectivity index (χ3v) is 3.96. The number of hydrogen-bond acceptors (Lipinski definition) is 3. The van der Waals surface area contributed by atoms with Crippen molar-refractivity contribution in [3.05, 3.63) is 53.3 Å². The molecule has 4 nitrogen and oxygen atoms in total. The number of nitrogens with zero attached hydrogens (tertiary/aromatic N) is 2. The summed E-state index contributed by atoms with van der Waals surface area (Å²) >= 11 is 0. The molecule has 0 fully saturated rings. The van der Waals surface area contributed by atoms with Gasteiger partial charge in [0.2, 0.25) is 0 Å². The summed E-state index contributed by atoms with van der Waals surface area (Å²) in [5.74, 6) is 6.71. The summed E-state index contributed by atoms with van der Waals surface area (Å²) in [5, 5.41) is 4.56. The molecule has 0 saturated heterocycles. The van der Waals surface area contributed by atoms with Gasteiger partial charge in [-0.25, -0.2) is 4.68 Å². The number of hydrogen-bond donors (Lipinski definition) is 0. The van der Waals surface area contributed by atoms with E-state index in [4.69, 9.17) is 4.74 Å². The fourth-order valence-electron chi connectivity index (χ4n) is 2.77. The molecule has 1 radical (unpaired) electrons. The monoisotopic (exact) mass is 472 g/mol. The molecule has 0 aliphatic rings. The largest absolute Gasteiger partial charge is 0.478 e. The van der Waals surface area contributed by atoms with Gasteiger partial charge in [0, 0.05) is 39.3 Å². The van der Waals surface area contributed by atoms with Crippen LogP contribution in [0.3, 0.4) is 0 Å². The minimum absolute atomic E-state index is 0. The van der Waals surface area contributed by atoms with Crippen molar-refractivity contribution in [2.45, 2.75) is 61.4 Å². The van der Waals surface area contributed by atoms with Crippen LogP contribution in [0.1, 0.15) is 52.8 Å². The Morgan fingerprint density at radius 2 is 1.83 bits per heavy atom. The maximum Gasteiger partial charge on any atom is 0.278 e. The molecule has 29 heavy (non-hydrogen) atoms. The standard InChI is InChI=1S/C21H26N2O2.C2H6.CH3.Y/c1-6-8-13-25-20-18(14-15(3)4)22-23(7-2)21(24)19(20)17-12-10-9-11-16(17)5;1-2;;/h9-12,15H,7,13-14H2,1-5H3;1-2H3;1H3;/q;;-1;. The normalized spacial score (nSPS) is 9.24. The van der Waals surface area contributed by atoms with Crippen molar-refractivity contribution >= 4 is 0 Å². The van der Waals surface area contributed by atoms with Gasteiger partial charge in [0.15, 0.2) is 5.75 Å². The Kier molecular flexibility index (Phi) is 15.8. The zero-order valence-corrected chi connectivity index (χ0v) is 22.1. The van der Waals surface area contributed by atoms with Crippen molar-refractivity contribution in [2.75, 3.05) is 6.61 Å². The molecule has 0 amide bonds. The molecule has 0 aliphatic heterocycles. The molecule has 157 valence electrons. The van der Waals surface area contributed by atoms with Gasteiger partial charge in [-0.1, -0.05) is 57.9 Å². The van der Waals surface area contributed by atoms with Gasteiger partial charge >= 0.3 is 0 Å². The third-order valence-electron chi connectivity index (χ3n) is 3.96. The van der Waals surface area contributed by atoms with E-state index in [0.29, 0.717) is 23.8 Å². The molecule has 0 unspecified atom stereocenters. The topological polar surface area (TPSA) is 44.1 Å². The van der Waals surface area contributed by atoms with Gasteiger partial charge in [-0.2, -0.15) is 5.10 Å². The van der Waals surface area contributed by atoms with Gasteiger partial charge in [0.25, 0.3) is 5.56 Å². The van der Waals surface area contributed by atoms with Crippen molar-refractivity contribution < 1.29 is 37.4 Å². The second-order valence-corrected chi connectivity index (χ2v) is 6.40. The molecule has 5 heteroatoms. The molecule has 2 rings (SSSR count). The van der Waals surface area contributed by atoms with Crippen molar-refractivity contribution in [1.82, 2.24) is 9.78 Å². The molecule has 1 aromatic carbocycles. The SMILES string of the molecule is CC.CC#CCOc1c(CC(C)C)nn(CC)c(=O)c1-c1ccccc1C.[CH3-].[Y]. The predicted molar refractivity (Wildman–Crippen MR) is 120 cm³/mol. The summed E-state index contributed by atoms with van der Waals surface area (Å²) in [6.45, 7) is 14.7. The smallest absolute Gasteiger partial charge is 0.278 e. The van der Waals surface area contributed by atoms with E-state index in [2.05, 4.69) is 30.8 Å². The zero-order valence-electron chi connectivity index (χ0n) is 19.3. The van der Waals surface area contributed by atoms with E-state index in [1.807, 2.05) is 52.0 Å². The van der Waals surface area contributed by atoms with Crippen molar-refractivity contribution in [3.8, 4) is 28.7 Å². The summed E-state index contributed by atoms with van der Waals surface area (Å²) < 4.78 is 7.48. The van der Waals surface area contributed by atoms with Crippen LogP contribution in [-0.2, 0) is 45.7 Å². The molecule has 2 aromatic rings. The summed E-state index contributed by atoms with van der Waals surface area (Å²) in [7, 11) is 0.